The molecular formula is C21H24N2O3. The number of likely N-dealkylation sites (tertiary alicyclic amines) is 1. The Hall–Kier alpha value is -1.85. The molecular weight excluding hydrogens is 328 g/mol. The fourth-order valence-electron chi connectivity index (χ4n) is 7.49. The van der Waals surface area contributed by atoms with Gasteiger partial charge in [-0.2, -0.15) is 0 Å². The number of benzene rings is 1. The molecule has 26 heavy (non-hydrogen) atoms. The normalized spacial score (nSPS) is 44.9. The van der Waals surface area contributed by atoms with Crippen LogP contribution in [0, 0.1) is 5.41 Å². The van der Waals surface area contributed by atoms with Gasteiger partial charge in [0.15, 0.2) is 0 Å². The molecule has 5 aliphatic rings. The Balaban J connectivity index is 1.60. The molecule has 2 spiro atoms. The molecule has 6 rings (SSSR count). The maximum absolute atomic E-state index is 12.2. The van der Waals surface area contributed by atoms with E-state index in [0.29, 0.717) is 6.42 Å². The van der Waals surface area contributed by atoms with Gasteiger partial charge in [0.1, 0.15) is 5.75 Å². The number of carbonyl (C=O) groups excluding carboxylic acids is 1. The average Bonchev–Trinajstić information content (AvgIpc) is 2.98. The van der Waals surface area contributed by atoms with E-state index in [9.17, 15) is 9.90 Å². The molecule has 4 unspecified atom stereocenters. The van der Waals surface area contributed by atoms with Crippen LogP contribution in [0.1, 0.15) is 30.4 Å². The maximum Gasteiger partial charge on any atom is 0.244 e. The number of fused-ring (bicyclic) bond motifs is 3. The summed E-state index contributed by atoms with van der Waals surface area (Å²) in [6.07, 6.45) is 5.12. The minimum Gasteiger partial charge on any atom is -0.497 e. The third kappa shape index (κ3) is 1.47. The zero-order chi connectivity index (χ0) is 17.9. The van der Waals surface area contributed by atoms with Crippen molar-refractivity contribution in [2.45, 2.75) is 48.8 Å². The number of nitrogens with one attached hydrogen (secondary N) is 1. The number of methoxy groups -OCH3 is 1. The molecule has 2 aliphatic heterocycles. The van der Waals surface area contributed by atoms with Crippen molar-refractivity contribution in [1.82, 2.24) is 10.2 Å². The number of hydrogen-bond acceptors (Lipinski definition) is 4. The highest BCUT2D eigenvalue weighted by molar-refractivity contribution is 5.92. The largest absolute Gasteiger partial charge is 0.497 e. The van der Waals surface area contributed by atoms with Crippen LogP contribution in [0.15, 0.2) is 29.8 Å². The number of rotatable bonds is 1. The molecule has 3 aliphatic carbocycles. The Morgan fingerprint density at radius 1 is 1.35 bits per heavy atom. The number of likely N-dealkylation sites (N-methyl/N-ethyl adjacent to an activating group) is 1. The van der Waals surface area contributed by atoms with Crippen LogP contribution in [-0.2, 0) is 16.6 Å². The van der Waals surface area contributed by atoms with Crippen LogP contribution in [-0.4, -0.2) is 54.3 Å². The van der Waals surface area contributed by atoms with Gasteiger partial charge in [-0.05, 0) is 55.1 Å². The van der Waals surface area contributed by atoms with Crippen molar-refractivity contribution in [2.75, 3.05) is 20.7 Å². The highest BCUT2D eigenvalue weighted by atomic mass is 16.5. The third-order valence-electron chi connectivity index (χ3n) is 8.00. The van der Waals surface area contributed by atoms with Gasteiger partial charge in [-0.1, -0.05) is 6.07 Å². The van der Waals surface area contributed by atoms with Crippen molar-refractivity contribution in [1.29, 1.82) is 0 Å². The van der Waals surface area contributed by atoms with Crippen molar-refractivity contribution < 1.29 is 14.6 Å². The van der Waals surface area contributed by atoms with E-state index in [2.05, 4.69) is 29.4 Å². The molecule has 2 bridgehead atoms. The molecule has 2 saturated carbocycles. The van der Waals surface area contributed by atoms with E-state index >= 15 is 0 Å². The molecule has 1 aromatic carbocycles. The monoisotopic (exact) mass is 352 g/mol. The van der Waals surface area contributed by atoms with Crippen LogP contribution in [0.4, 0.5) is 0 Å². The molecule has 1 aromatic rings. The molecule has 5 nitrogen and oxygen atoms in total. The van der Waals surface area contributed by atoms with Gasteiger partial charge in [-0.3, -0.25) is 9.69 Å². The molecule has 1 saturated heterocycles. The van der Waals surface area contributed by atoms with Gasteiger partial charge >= 0.3 is 0 Å². The van der Waals surface area contributed by atoms with Gasteiger partial charge in [-0.15, -0.1) is 0 Å². The van der Waals surface area contributed by atoms with E-state index in [1.54, 1.807) is 13.2 Å². The molecule has 5 heteroatoms. The van der Waals surface area contributed by atoms with E-state index in [1.807, 2.05) is 6.07 Å². The van der Waals surface area contributed by atoms with Gasteiger partial charge in [0.2, 0.25) is 5.91 Å². The van der Waals surface area contributed by atoms with Crippen LogP contribution in [0.25, 0.3) is 0 Å². The van der Waals surface area contributed by atoms with Gasteiger partial charge < -0.3 is 15.2 Å². The second-order valence-electron chi connectivity index (χ2n) is 9.22. The lowest BCUT2D eigenvalue weighted by Crippen LogP contribution is -2.70. The second-order valence-corrected chi connectivity index (χ2v) is 9.22. The topological polar surface area (TPSA) is 61.8 Å². The lowest BCUT2D eigenvalue weighted by molar-refractivity contribution is -0.139. The highest BCUT2D eigenvalue weighted by Gasteiger charge is 2.78. The molecule has 5 atom stereocenters. The summed E-state index contributed by atoms with van der Waals surface area (Å²) in [5, 5.41) is 15.3. The molecule has 0 radical (unpaired) electrons. The third-order valence-corrected chi connectivity index (χ3v) is 8.00. The summed E-state index contributed by atoms with van der Waals surface area (Å²) in [6.45, 7) is 1.04. The zero-order valence-corrected chi connectivity index (χ0v) is 15.2. The molecule has 3 fully saturated rings. The summed E-state index contributed by atoms with van der Waals surface area (Å²) in [5.74, 6) is 0.834. The lowest BCUT2D eigenvalue weighted by Gasteiger charge is -2.57. The standard InChI is InChI=1S/C21H24N2O3/c1-23-11-19-7-12-3-4-14(26-2)6-15(12)20(10-19)9-16-13(5-17(24)22-16)8-21(20,25)18(19)23/h3-6,16,18,25H,7-11H2,1-2H3,(H,22,24)/t16?,18?,19?,20?,21-/m1/s1. The molecule has 2 N–H and O–H groups in total. The van der Waals surface area contributed by atoms with E-state index < -0.39 is 5.60 Å². The van der Waals surface area contributed by atoms with Gasteiger partial charge in [-0.25, -0.2) is 0 Å². The van der Waals surface area contributed by atoms with Crippen LogP contribution in [0.5, 0.6) is 5.75 Å². The number of hydrogen-bond donors (Lipinski definition) is 2. The average molecular weight is 352 g/mol. The first-order chi connectivity index (χ1) is 12.4. The maximum atomic E-state index is 12.2. The summed E-state index contributed by atoms with van der Waals surface area (Å²) in [7, 11) is 3.83. The number of nitrogens with zero attached hydrogens (tertiary/aromatic N) is 1. The molecule has 0 aromatic heterocycles. The van der Waals surface area contributed by atoms with Crippen molar-refractivity contribution >= 4 is 5.91 Å². The van der Waals surface area contributed by atoms with Crippen molar-refractivity contribution in [3.05, 3.63) is 41.0 Å². The van der Waals surface area contributed by atoms with E-state index in [-0.39, 0.29) is 28.8 Å². The van der Waals surface area contributed by atoms with E-state index in [4.69, 9.17) is 4.74 Å². The molecule has 1 amide bonds. The fourth-order valence-corrected chi connectivity index (χ4v) is 7.49. The number of ether oxygens (including phenoxy) is 1. The van der Waals surface area contributed by atoms with Crippen LogP contribution >= 0.6 is 0 Å². The summed E-state index contributed by atoms with van der Waals surface area (Å²) in [6, 6.07) is 6.59. The summed E-state index contributed by atoms with van der Waals surface area (Å²) in [5.41, 5.74) is 2.69. The van der Waals surface area contributed by atoms with Gasteiger partial charge in [0.05, 0.1) is 18.8 Å². The minimum absolute atomic E-state index is 0.0140. The second kappa shape index (κ2) is 4.34. The smallest absolute Gasteiger partial charge is 0.244 e. The van der Waals surface area contributed by atoms with Gasteiger partial charge in [0.25, 0.3) is 0 Å². The summed E-state index contributed by atoms with van der Waals surface area (Å²) in [4.78, 5) is 14.3. The fraction of sp³-hybridized carbons (Fsp3) is 0.571. The highest BCUT2D eigenvalue weighted by Crippen LogP contribution is 2.71. The number of carbonyl (C=O) groups is 1. The van der Waals surface area contributed by atoms with Crippen molar-refractivity contribution in [3.8, 4) is 5.75 Å². The predicted octanol–water partition coefficient (Wildman–Crippen LogP) is 1.14. The van der Waals surface area contributed by atoms with Gasteiger partial charge in [0, 0.05) is 35.9 Å². The van der Waals surface area contributed by atoms with E-state index in [1.165, 1.54) is 11.1 Å². The zero-order valence-electron chi connectivity index (χ0n) is 15.2. The Kier molecular flexibility index (Phi) is 2.54. The van der Waals surface area contributed by atoms with E-state index in [0.717, 1.165) is 37.1 Å². The number of amides is 1. The molecule has 2 heterocycles. The first-order valence-electron chi connectivity index (χ1n) is 9.52. The Morgan fingerprint density at radius 3 is 2.96 bits per heavy atom. The van der Waals surface area contributed by atoms with Crippen LogP contribution in [0.3, 0.4) is 0 Å². The SMILES string of the molecule is COc1ccc2c(c1)C13CC4NC(=O)C=C4C[C@@]1(O)C1N(C)CC1(C2)C3. The van der Waals surface area contributed by atoms with Crippen LogP contribution in [0.2, 0.25) is 0 Å². The quantitative estimate of drug-likeness (QED) is 0.796. The predicted molar refractivity (Wildman–Crippen MR) is 96.0 cm³/mol. The Labute approximate surface area is 153 Å². The summed E-state index contributed by atoms with van der Waals surface area (Å²) < 4.78 is 5.52. The van der Waals surface area contributed by atoms with Crippen molar-refractivity contribution in [2.24, 2.45) is 5.41 Å². The first-order valence-corrected chi connectivity index (χ1v) is 9.52. The Morgan fingerprint density at radius 2 is 2.19 bits per heavy atom. The van der Waals surface area contributed by atoms with Crippen molar-refractivity contribution in [3.63, 3.8) is 0 Å². The summed E-state index contributed by atoms with van der Waals surface area (Å²) >= 11 is 0. The molecule has 136 valence electrons. The first kappa shape index (κ1) is 15.2. The lowest BCUT2D eigenvalue weighted by atomic mass is 9.56. The minimum atomic E-state index is -0.827. The Bertz CT molecular complexity index is 895. The van der Waals surface area contributed by atoms with Crippen LogP contribution < -0.4 is 10.1 Å². The number of aliphatic hydroxyl groups is 1.